The van der Waals surface area contributed by atoms with Crippen molar-refractivity contribution in [2.45, 2.75) is 26.8 Å². The highest BCUT2D eigenvalue weighted by Gasteiger charge is 2.18. The van der Waals surface area contributed by atoms with Gasteiger partial charge in [0.2, 0.25) is 0 Å². The molecule has 3 N–H and O–H groups in total. The number of amides is 1. The van der Waals surface area contributed by atoms with Gasteiger partial charge in [0.25, 0.3) is 5.91 Å². The molecule has 0 aliphatic rings. The number of hydrogen-bond donors (Lipinski definition) is 2. The number of nitrogens with two attached hydrogens (primary N) is 1. The van der Waals surface area contributed by atoms with Gasteiger partial charge in [-0.3, -0.25) is 10.2 Å². The van der Waals surface area contributed by atoms with Gasteiger partial charge in [0, 0.05) is 11.4 Å². The standard InChI is InChI=1S/C15H19N3O/c1-10-9-14(15(19)17-16)12(3)18(10)11(2)13-7-5-4-6-8-13/h4-9,11H,16H2,1-3H3,(H,17,19). The molecular weight excluding hydrogens is 238 g/mol. The number of aromatic nitrogens is 1. The largest absolute Gasteiger partial charge is 0.341 e. The molecule has 0 saturated carbocycles. The van der Waals surface area contributed by atoms with Gasteiger partial charge >= 0.3 is 0 Å². The second-order valence-electron chi connectivity index (χ2n) is 4.71. The molecule has 0 radical (unpaired) electrons. The van der Waals surface area contributed by atoms with E-state index < -0.39 is 0 Å². The molecule has 1 atom stereocenters. The van der Waals surface area contributed by atoms with E-state index in [-0.39, 0.29) is 11.9 Å². The Morgan fingerprint density at radius 1 is 1.26 bits per heavy atom. The van der Waals surface area contributed by atoms with Gasteiger partial charge in [0.1, 0.15) is 0 Å². The van der Waals surface area contributed by atoms with Crippen LogP contribution in [0.3, 0.4) is 0 Å². The average Bonchev–Trinajstić information content (AvgIpc) is 2.73. The molecule has 0 spiro atoms. The molecule has 4 nitrogen and oxygen atoms in total. The maximum absolute atomic E-state index is 11.7. The number of rotatable bonds is 3. The van der Waals surface area contributed by atoms with Crippen molar-refractivity contribution in [2.75, 3.05) is 0 Å². The highest BCUT2D eigenvalue weighted by Crippen LogP contribution is 2.25. The Morgan fingerprint density at radius 2 is 1.89 bits per heavy atom. The van der Waals surface area contributed by atoms with E-state index in [9.17, 15) is 4.79 Å². The maximum atomic E-state index is 11.7. The van der Waals surface area contributed by atoms with E-state index in [4.69, 9.17) is 5.84 Å². The third-order valence-electron chi connectivity index (χ3n) is 3.53. The normalized spacial score (nSPS) is 12.2. The number of nitrogen functional groups attached to an aromatic ring is 1. The van der Waals surface area contributed by atoms with Gasteiger partial charge in [-0.1, -0.05) is 30.3 Å². The summed E-state index contributed by atoms with van der Waals surface area (Å²) in [6.07, 6.45) is 0. The first-order chi connectivity index (χ1) is 9.06. The Kier molecular flexibility index (Phi) is 3.71. The number of carbonyl (C=O) groups is 1. The van der Waals surface area contributed by atoms with Crippen LogP contribution in [0, 0.1) is 13.8 Å². The Bertz CT molecular complexity index is 587. The summed E-state index contributed by atoms with van der Waals surface area (Å²) in [6, 6.07) is 12.3. The molecule has 0 saturated heterocycles. The van der Waals surface area contributed by atoms with Crippen molar-refractivity contribution in [3.63, 3.8) is 0 Å². The molecule has 1 aromatic carbocycles. The summed E-state index contributed by atoms with van der Waals surface area (Å²) in [7, 11) is 0. The number of carbonyl (C=O) groups excluding carboxylic acids is 1. The minimum atomic E-state index is -0.250. The van der Waals surface area contributed by atoms with Crippen LogP contribution in [0.25, 0.3) is 0 Å². The fraction of sp³-hybridized carbons (Fsp3) is 0.267. The Morgan fingerprint density at radius 3 is 2.47 bits per heavy atom. The molecule has 19 heavy (non-hydrogen) atoms. The van der Waals surface area contributed by atoms with Gasteiger partial charge in [-0.15, -0.1) is 0 Å². The highest BCUT2D eigenvalue weighted by molar-refractivity contribution is 5.95. The summed E-state index contributed by atoms with van der Waals surface area (Å²) in [5, 5.41) is 0. The smallest absolute Gasteiger partial charge is 0.267 e. The molecule has 1 amide bonds. The van der Waals surface area contributed by atoms with Crippen LogP contribution in [0.2, 0.25) is 0 Å². The van der Waals surface area contributed by atoms with Crippen LogP contribution < -0.4 is 11.3 Å². The number of nitrogens with zero attached hydrogens (tertiary/aromatic N) is 1. The lowest BCUT2D eigenvalue weighted by molar-refractivity contribution is 0.0953. The number of benzene rings is 1. The lowest BCUT2D eigenvalue weighted by Gasteiger charge is -2.19. The molecule has 100 valence electrons. The molecule has 0 aliphatic carbocycles. The van der Waals surface area contributed by atoms with Crippen LogP contribution >= 0.6 is 0 Å². The molecule has 0 aliphatic heterocycles. The van der Waals surface area contributed by atoms with Gasteiger partial charge in [0.05, 0.1) is 11.6 Å². The number of nitrogens with one attached hydrogen (secondary N) is 1. The monoisotopic (exact) mass is 257 g/mol. The van der Waals surface area contributed by atoms with Crippen molar-refractivity contribution in [3.05, 3.63) is 58.9 Å². The number of hydrogen-bond acceptors (Lipinski definition) is 2. The van der Waals surface area contributed by atoms with Crippen LogP contribution in [0.1, 0.15) is 40.3 Å². The van der Waals surface area contributed by atoms with E-state index >= 15 is 0 Å². The molecule has 4 heteroatoms. The van der Waals surface area contributed by atoms with E-state index in [1.165, 1.54) is 5.56 Å². The van der Waals surface area contributed by atoms with E-state index in [1.807, 2.05) is 38.1 Å². The Hall–Kier alpha value is -2.07. The fourth-order valence-electron chi connectivity index (χ4n) is 2.56. The van der Waals surface area contributed by atoms with E-state index in [1.54, 1.807) is 0 Å². The van der Waals surface area contributed by atoms with Gasteiger partial charge < -0.3 is 4.57 Å². The summed E-state index contributed by atoms with van der Waals surface area (Å²) in [5.41, 5.74) is 6.00. The topological polar surface area (TPSA) is 60.1 Å². The summed E-state index contributed by atoms with van der Waals surface area (Å²) in [6.45, 7) is 6.07. The quantitative estimate of drug-likeness (QED) is 0.503. The van der Waals surface area contributed by atoms with E-state index in [2.05, 4.69) is 29.0 Å². The maximum Gasteiger partial charge on any atom is 0.267 e. The second-order valence-corrected chi connectivity index (χ2v) is 4.71. The van der Waals surface area contributed by atoms with Gasteiger partial charge in [0.15, 0.2) is 0 Å². The van der Waals surface area contributed by atoms with Crippen LogP contribution in [0.4, 0.5) is 0 Å². The zero-order valence-corrected chi connectivity index (χ0v) is 11.5. The molecule has 1 heterocycles. The average molecular weight is 257 g/mol. The van der Waals surface area contributed by atoms with Crippen molar-refractivity contribution in [3.8, 4) is 0 Å². The molecule has 2 aromatic rings. The van der Waals surface area contributed by atoms with Gasteiger partial charge in [-0.25, -0.2) is 5.84 Å². The number of hydrazine groups is 1. The van der Waals surface area contributed by atoms with Crippen molar-refractivity contribution >= 4 is 5.91 Å². The zero-order valence-electron chi connectivity index (χ0n) is 11.5. The van der Waals surface area contributed by atoms with Crippen LogP contribution in [0.5, 0.6) is 0 Å². The van der Waals surface area contributed by atoms with Gasteiger partial charge in [-0.05, 0) is 32.4 Å². The van der Waals surface area contributed by atoms with Crippen molar-refractivity contribution in [1.82, 2.24) is 9.99 Å². The third-order valence-corrected chi connectivity index (χ3v) is 3.53. The third kappa shape index (κ3) is 2.39. The first-order valence-electron chi connectivity index (χ1n) is 6.30. The van der Waals surface area contributed by atoms with Crippen molar-refractivity contribution < 1.29 is 4.79 Å². The second kappa shape index (κ2) is 5.28. The summed E-state index contributed by atoms with van der Waals surface area (Å²) < 4.78 is 2.15. The molecule has 1 unspecified atom stereocenters. The minimum Gasteiger partial charge on any atom is -0.341 e. The molecular formula is C15H19N3O. The first kappa shape index (κ1) is 13.4. The van der Waals surface area contributed by atoms with Crippen molar-refractivity contribution in [1.29, 1.82) is 0 Å². The summed E-state index contributed by atoms with van der Waals surface area (Å²) in [5.74, 6) is 4.96. The predicted octanol–water partition coefficient (Wildman–Crippen LogP) is 2.32. The van der Waals surface area contributed by atoms with Crippen LogP contribution in [0.15, 0.2) is 36.4 Å². The van der Waals surface area contributed by atoms with Gasteiger partial charge in [-0.2, -0.15) is 0 Å². The number of aryl methyl sites for hydroxylation is 1. The van der Waals surface area contributed by atoms with Crippen molar-refractivity contribution in [2.24, 2.45) is 5.84 Å². The van der Waals surface area contributed by atoms with Crippen LogP contribution in [-0.4, -0.2) is 10.5 Å². The first-order valence-corrected chi connectivity index (χ1v) is 6.30. The lowest BCUT2D eigenvalue weighted by atomic mass is 10.1. The van der Waals surface area contributed by atoms with E-state index in [0.717, 1.165) is 11.4 Å². The fourth-order valence-corrected chi connectivity index (χ4v) is 2.56. The summed E-state index contributed by atoms with van der Waals surface area (Å²) in [4.78, 5) is 11.7. The van der Waals surface area contributed by atoms with E-state index in [0.29, 0.717) is 5.56 Å². The summed E-state index contributed by atoms with van der Waals surface area (Å²) >= 11 is 0. The molecule has 0 fully saturated rings. The Labute approximate surface area is 113 Å². The Balaban J connectivity index is 2.46. The zero-order chi connectivity index (χ0) is 14.0. The molecule has 0 bridgehead atoms. The minimum absolute atomic E-state index is 0.181. The lowest BCUT2D eigenvalue weighted by Crippen LogP contribution is -2.30. The SMILES string of the molecule is Cc1cc(C(=O)NN)c(C)n1C(C)c1ccccc1. The predicted molar refractivity (Wildman–Crippen MR) is 75.8 cm³/mol. The molecule has 1 aromatic heterocycles. The van der Waals surface area contributed by atoms with Crippen LogP contribution in [-0.2, 0) is 0 Å². The highest BCUT2D eigenvalue weighted by atomic mass is 16.2. The molecule has 2 rings (SSSR count).